The maximum atomic E-state index is 13.2. The molecule has 4 rings (SSSR count). The third-order valence-electron chi connectivity index (χ3n) is 6.28. The van der Waals surface area contributed by atoms with E-state index in [0.29, 0.717) is 41.8 Å². The molecule has 2 aromatic carbocycles. The highest BCUT2D eigenvalue weighted by Crippen LogP contribution is 2.36. The monoisotopic (exact) mass is 571 g/mol. The molecule has 1 aliphatic heterocycles. The van der Waals surface area contributed by atoms with Crippen LogP contribution in [0.5, 0.6) is 0 Å². The van der Waals surface area contributed by atoms with Crippen LogP contribution in [0.4, 0.5) is 32.3 Å². The standard InChI is InChI=1S/C26H24ClF6N5O/c1-37-8-10-38(11-9-37)24-35-15-20(22(36-24)19-4-2-3-5-21(19)27)23(39)34-7-6-16-12-17(25(28,29)30)14-18(13-16)26(31,32)33/h2-5,12-15H,6-11H2,1H3,(H,34,39). The van der Waals surface area contributed by atoms with Crippen molar-refractivity contribution in [1.82, 2.24) is 20.2 Å². The Bertz CT molecular complexity index is 1310. The summed E-state index contributed by atoms with van der Waals surface area (Å²) in [7, 11) is 2.00. The van der Waals surface area contributed by atoms with Crippen molar-refractivity contribution >= 4 is 23.5 Å². The van der Waals surface area contributed by atoms with E-state index in [1.54, 1.807) is 24.3 Å². The van der Waals surface area contributed by atoms with Crippen molar-refractivity contribution < 1.29 is 31.1 Å². The van der Waals surface area contributed by atoms with Crippen molar-refractivity contribution in [3.05, 3.63) is 75.9 Å². The first kappa shape index (κ1) is 28.6. The zero-order valence-corrected chi connectivity index (χ0v) is 21.5. The van der Waals surface area contributed by atoms with Crippen molar-refractivity contribution in [2.24, 2.45) is 0 Å². The van der Waals surface area contributed by atoms with Gasteiger partial charge in [-0.15, -0.1) is 0 Å². The molecule has 3 aromatic rings. The van der Waals surface area contributed by atoms with Gasteiger partial charge >= 0.3 is 12.4 Å². The van der Waals surface area contributed by atoms with Crippen molar-refractivity contribution in [2.75, 3.05) is 44.7 Å². The van der Waals surface area contributed by atoms with Gasteiger partial charge in [-0.05, 0) is 43.3 Å². The van der Waals surface area contributed by atoms with Crippen molar-refractivity contribution in [3.8, 4) is 11.3 Å². The first-order valence-electron chi connectivity index (χ1n) is 11.9. The molecule has 1 fully saturated rings. The molecule has 0 bridgehead atoms. The van der Waals surface area contributed by atoms with Gasteiger partial charge in [0.2, 0.25) is 5.95 Å². The first-order valence-corrected chi connectivity index (χ1v) is 12.3. The minimum Gasteiger partial charge on any atom is -0.352 e. The van der Waals surface area contributed by atoms with Crippen molar-refractivity contribution in [3.63, 3.8) is 0 Å². The molecule has 13 heteroatoms. The fourth-order valence-corrected chi connectivity index (χ4v) is 4.36. The molecule has 1 N–H and O–H groups in total. The summed E-state index contributed by atoms with van der Waals surface area (Å²) in [4.78, 5) is 26.2. The minimum absolute atomic E-state index is 0.0667. The van der Waals surface area contributed by atoms with E-state index >= 15 is 0 Å². The Kier molecular flexibility index (Phi) is 8.36. The zero-order valence-electron chi connectivity index (χ0n) is 20.7. The second-order valence-corrected chi connectivity index (χ2v) is 9.53. The predicted molar refractivity (Wildman–Crippen MR) is 135 cm³/mol. The molecular formula is C26H24ClF6N5O. The van der Waals surface area contributed by atoms with E-state index in [1.165, 1.54) is 6.20 Å². The van der Waals surface area contributed by atoms with E-state index in [2.05, 4.69) is 20.2 Å². The topological polar surface area (TPSA) is 61.4 Å². The molecule has 2 heterocycles. The largest absolute Gasteiger partial charge is 0.416 e. The highest BCUT2D eigenvalue weighted by molar-refractivity contribution is 6.33. The van der Waals surface area contributed by atoms with E-state index in [4.69, 9.17) is 11.6 Å². The lowest BCUT2D eigenvalue weighted by atomic mass is 10.0. The highest BCUT2D eigenvalue weighted by Gasteiger charge is 2.36. The Balaban J connectivity index is 1.57. The molecule has 0 radical (unpaired) electrons. The second kappa shape index (κ2) is 11.4. The number of nitrogens with one attached hydrogen (secondary N) is 1. The Morgan fingerprint density at radius 1 is 0.974 bits per heavy atom. The third-order valence-corrected chi connectivity index (χ3v) is 6.61. The molecule has 1 amide bonds. The number of piperazine rings is 1. The molecule has 1 aliphatic rings. The summed E-state index contributed by atoms with van der Waals surface area (Å²) >= 11 is 6.38. The lowest BCUT2D eigenvalue weighted by molar-refractivity contribution is -0.143. The highest BCUT2D eigenvalue weighted by atomic mass is 35.5. The van der Waals surface area contributed by atoms with Gasteiger partial charge in [0.25, 0.3) is 5.91 Å². The van der Waals surface area contributed by atoms with Gasteiger partial charge in [0.05, 0.1) is 22.4 Å². The Morgan fingerprint density at radius 2 is 1.59 bits per heavy atom. The lowest BCUT2D eigenvalue weighted by Gasteiger charge is -2.32. The Morgan fingerprint density at radius 3 is 2.18 bits per heavy atom. The van der Waals surface area contributed by atoms with E-state index in [9.17, 15) is 31.1 Å². The van der Waals surface area contributed by atoms with Crippen LogP contribution in [-0.2, 0) is 18.8 Å². The first-order chi connectivity index (χ1) is 18.3. The van der Waals surface area contributed by atoms with Gasteiger partial charge in [-0.1, -0.05) is 29.8 Å². The van der Waals surface area contributed by atoms with E-state index in [-0.39, 0.29) is 35.9 Å². The number of likely N-dealkylation sites (N-methyl/N-ethyl adjacent to an activating group) is 1. The van der Waals surface area contributed by atoms with Crippen LogP contribution in [0.25, 0.3) is 11.3 Å². The summed E-state index contributed by atoms with van der Waals surface area (Å²) in [6.07, 6.45) is -8.82. The number of alkyl halides is 6. The normalized spacial score (nSPS) is 14.9. The van der Waals surface area contributed by atoms with Gasteiger partial charge in [-0.2, -0.15) is 26.3 Å². The maximum absolute atomic E-state index is 13.2. The smallest absolute Gasteiger partial charge is 0.352 e. The molecule has 0 saturated carbocycles. The van der Waals surface area contributed by atoms with E-state index in [1.807, 2.05) is 11.9 Å². The number of rotatable bonds is 6. The molecule has 0 atom stereocenters. The number of aromatic nitrogens is 2. The van der Waals surface area contributed by atoms with Crippen LogP contribution in [0, 0.1) is 0 Å². The summed E-state index contributed by atoms with van der Waals surface area (Å²) in [5, 5.41) is 2.90. The predicted octanol–water partition coefficient (Wildman–Crippen LogP) is 5.56. The minimum atomic E-state index is -4.95. The van der Waals surface area contributed by atoms with Crippen LogP contribution < -0.4 is 10.2 Å². The van der Waals surface area contributed by atoms with E-state index in [0.717, 1.165) is 13.1 Å². The van der Waals surface area contributed by atoms with Gasteiger partial charge in [0.15, 0.2) is 0 Å². The number of hydrogen-bond donors (Lipinski definition) is 1. The number of anilines is 1. The summed E-state index contributed by atoms with van der Waals surface area (Å²) in [5.41, 5.74) is -2.22. The average molecular weight is 572 g/mol. The molecule has 0 aliphatic carbocycles. The lowest BCUT2D eigenvalue weighted by Crippen LogP contribution is -2.45. The number of halogens is 7. The Labute approximate surface area is 225 Å². The van der Waals surface area contributed by atoms with Crippen LogP contribution in [-0.4, -0.2) is 60.5 Å². The average Bonchev–Trinajstić information content (AvgIpc) is 2.88. The van der Waals surface area contributed by atoms with Crippen LogP contribution in [0.1, 0.15) is 27.0 Å². The van der Waals surface area contributed by atoms with Crippen LogP contribution in [0.15, 0.2) is 48.7 Å². The summed E-state index contributed by atoms with van der Waals surface area (Å²) in [6, 6.07) is 8.13. The SMILES string of the molecule is CN1CCN(c2ncc(C(=O)NCCc3cc(C(F)(F)F)cc(C(F)(F)F)c3)c(-c3ccccc3Cl)n2)CC1. The van der Waals surface area contributed by atoms with E-state index < -0.39 is 29.4 Å². The molecular weight excluding hydrogens is 548 g/mol. The van der Waals surface area contributed by atoms with Gasteiger partial charge in [0, 0.05) is 49.5 Å². The number of carbonyl (C=O) groups excluding carboxylic acids is 1. The summed E-state index contributed by atoms with van der Waals surface area (Å²) in [5.74, 6) is -0.226. The number of nitrogens with zero attached hydrogens (tertiary/aromatic N) is 4. The Hall–Kier alpha value is -3.38. The van der Waals surface area contributed by atoms with Gasteiger partial charge in [-0.25, -0.2) is 9.97 Å². The fraction of sp³-hybridized carbons (Fsp3) is 0.346. The third kappa shape index (κ3) is 6.99. The van der Waals surface area contributed by atoms with Crippen LogP contribution >= 0.6 is 11.6 Å². The number of carbonyl (C=O) groups is 1. The molecule has 208 valence electrons. The van der Waals surface area contributed by atoms with Crippen LogP contribution in [0.3, 0.4) is 0 Å². The summed E-state index contributed by atoms with van der Waals surface area (Å²) < 4.78 is 79.0. The second-order valence-electron chi connectivity index (χ2n) is 9.12. The molecule has 1 saturated heterocycles. The van der Waals surface area contributed by atoms with Gasteiger partial charge in [-0.3, -0.25) is 4.79 Å². The van der Waals surface area contributed by atoms with Gasteiger partial charge < -0.3 is 15.1 Å². The zero-order chi connectivity index (χ0) is 28.4. The number of amides is 1. The summed E-state index contributed by atoms with van der Waals surface area (Å²) in [6.45, 7) is 2.75. The number of hydrogen-bond acceptors (Lipinski definition) is 5. The number of benzene rings is 2. The molecule has 6 nitrogen and oxygen atoms in total. The van der Waals surface area contributed by atoms with Crippen LogP contribution in [0.2, 0.25) is 5.02 Å². The van der Waals surface area contributed by atoms with Crippen molar-refractivity contribution in [1.29, 1.82) is 0 Å². The quantitative estimate of drug-likeness (QED) is 0.393. The molecule has 0 spiro atoms. The van der Waals surface area contributed by atoms with Gasteiger partial charge in [0.1, 0.15) is 0 Å². The molecule has 0 unspecified atom stereocenters. The maximum Gasteiger partial charge on any atom is 0.416 e. The van der Waals surface area contributed by atoms with Crippen molar-refractivity contribution in [2.45, 2.75) is 18.8 Å². The fourth-order valence-electron chi connectivity index (χ4n) is 4.14. The molecule has 1 aromatic heterocycles. The molecule has 39 heavy (non-hydrogen) atoms.